The zero-order valence-corrected chi connectivity index (χ0v) is 13.8. The van der Waals surface area contributed by atoms with Crippen LogP contribution in [0.25, 0.3) is 0 Å². The highest BCUT2D eigenvalue weighted by Gasteiger charge is 2.68. The fourth-order valence-electron chi connectivity index (χ4n) is 4.02. The average Bonchev–Trinajstić information content (AvgIpc) is 2.82. The molecule has 124 valence electrons. The Balaban J connectivity index is 2.38. The largest absolute Gasteiger partial charge is 0.423 e. The summed E-state index contributed by atoms with van der Waals surface area (Å²) in [6.07, 6.45) is -12.5. The molecule has 0 aromatic heterocycles. The Morgan fingerprint density at radius 1 is 1.05 bits per heavy atom. The Kier molecular flexibility index (Phi) is 4.31. The van der Waals surface area contributed by atoms with Crippen LogP contribution in [0.4, 0.5) is 26.3 Å². The molecule has 2 aliphatic rings. The number of hydrogen-bond acceptors (Lipinski definition) is 1. The Labute approximate surface area is 132 Å². The summed E-state index contributed by atoms with van der Waals surface area (Å²) in [4.78, 5) is 0. The van der Waals surface area contributed by atoms with Gasteiger partial charge in [0.2, 0.25) is 6.10 Å². The summed E-state index contributed by atoms with van der Waals surface area (Å²) in [5, 5.41) is 0. The molecule has 0 saturated heterocycles. The molecule has 0 aromatic rings. The minimum Gasteiger partial charge on any atom is -0.353 e. The lowest BCUT2D eigenvalue weighted by Gasteiger charge is -2.50. The lowest BCUT2D eigenvalue weighted by Crippen LogP contribution is -2.59. The molecule has 0 aromatic carbocycles. The fraction of sp³-hybridized carbons (Fsp3) is 1.00. The van der Waals surface area contributed by atoms with Gasteiger partial charge in [-0.3, -0.25) is 0 Å². The van der Waals surface area contributed by atoms with Gasteiger partial charge in [0.25, 0.3) is 0 Å². The predicted octanol–water partition coefficient (Wildman–Crippen LogP) is 5.13. The van der Waals surface area contributed by atoms with Gasteiger partial charge in [0.15, 0.2) is 0 Å². The molecule has 2 bridgehead atoms. The molecule has 0 amide bonds. The summed E-state index contributed by atoms with van der Waals surface area (Å²) in [6.45, 7) is 3.47. The Morgan fingerprint density at radius 2 is 1.52 bits per heavy atom. The lowest BCUT2D eigenvalue weighted by atomic mass is 9.66. The number of alkyl halides is 7. The summed E-state index contributed by atoms with van der Waals surface area (Å²) < 4.78 is 81.9. The molecule has 0 radical (unpaired) electrons. The van der Waals surface area contributed by atoms with E-state index in [2.05, 4.69) is 0 Å². The smallest absolute Gasteiger partial charge is 0.353 e. The minimum absolute atomic E-state index is 0.124. The zero-order valence-electron chi connectivity index (χ0n) is 11.6. The van der Waals surface area contributed by atoms with Gasteiger partial charge in [0.05, 0.1) is 5.60 Å². The molecule has 3 unspecified atom stereocenters. The molecular formula is C13H17F6IO. The second-order valence-corrected chi connectivity index (χ2v) is 7.30. The second-order valence-electron chi connectivity index (χ2n) is 6.53. The van der Waals surface area contributed by atoms with Crippen LogP contribution in [-0.2, 0) is 4.74 Å². The van der Waals surface area contributed by atoms with Crippen LogP contribution in [0, 0.1) is 17.3 Å². The highest BCUT2D eigenvalue weighted by molar-refractivity contribution is 14.1. The van der Waals surface area contributed by atoms with E-state index in [0.29, 0.717) is 12.8 Å². The molecule has 8 heteroatoms. The Morgan fingerprint density at radius 3 is 1.86 bits per heavy atom. The van der Waals surface area contributed by atoms with Gasteiger partial charge in [0, 0.05) is 4.43 Å². The lowest BCUT2D eigenvalue weighted by molar-refractivity contribution is -0.356. The second kappa shape index (κ2) is 5.14. The van der Waals surface area contributed by atoms with E-state index in [1.165, 1.54) is 0 Å². The first-order chi connectivity index (χ1) is 9.36. The third kappa shape index (κ3) is 2.68. The van der Waals surface area contributed by atoms with Crippen molar-refractivity contribution in [2.24, 2.45) is 17.3 Å². The van der Waals surface area contributed by atoms with Crippen molar-refractivity contribution in [3.8, 4) is 0 Å². The van der Waals surface area contributed by atoms with Crippen molar-refractivity contribution in [2.45, 2.75) is 57.2 Å². The van der Waals surface area contributed by atoms with Crippen LogP contribution < -0.4 is 0 Å². The molecule has 1 nitrogen and oxygen atoms in total. The summed E-state index contributed by atoms with van der Waals surface area (Å²) in [5.41, 5.74) is -2.06. The molecule has 0 N–H and O–H groups in total. The fourth-order valence-corrected chi connectivity index (χ4v) is 5.81. The number of rotatable bonds is 3. The molecule has 2 aliphatic carbocycles. The number of fused-ring (bicyclic) bond motifs is 2. The van der Waals surface area contributed by atoms with Crippen LogP contribution in [0.2, 0.25) is 0 Å². The Hall–Kier alpha value is 0.270. The number of hydrogen-bond donors (Lipinski definition) is 0. The van der Waals surface area contributed by atoms with E-state index in [1.807, 2.05) is 22.6 Å². The normalized spacial score (nSPS) is 35.7. The molecular weight excluding hydrogens is 413 g/mol. The van der Waals surface area contributed by atoms with Crippen LogP contribution in [0.1, 0.15) is 33.1 Å². The number of halogens is 7. The minimum atomic E-state index is -5.45. The molecule has 0 heterocycles. The molecule has 2 fully saturated rings. The SMILES string of the molecule is CC1(C)C2CCC(C2)C1(CI)OC(C(F)(F)F)C(F)(F)F. The van der Waals surface area contributed by atoms with Crippen molar-refractivity contribution < 1.29 is 31.1 Å². The molecule has 3 atom stereocenters. The van der Waals surface area contributed by atoms with Crippen LogP contribution in [0.5, 0.6) is 0 Å². The van der Waals surface area contributed by atoms with Crippen LogP contribution in [0.3, 0.4) is 0 Å². The van der Waals surface area contributed by atoms with E-state index in [0.717, 1.165) is 6.42 Å². The zero-order chi connectivity index (χ0) is 16.3. The van der Waals surface area contributed by atoms with Crippen molar-refractivity contribution in [3.63, 3.8) is 0 Å². The van der Waals surface area contributed by atoms with E-state index in [1.54, 1.807) is 13.8 Å². The number of ether oxygens (including phenoxy) is 1. The van der Waals surface area contributed by atoms with Gasteiger partial charge >= 0.3 is 12.4 Å². The van der Waals surface area contributed by atoms with Crippen molar-refractivity contribution in [1.82, 2.24) is 0 Å². The third-order valence-electron chi connectivity index (χ3n) is 5.32. The highest BCUT2D eigenvalue weighted by Crippen LogP contribution is 2.64. The van der Waals surface area contributed by atoms with Crippen molar-refractivity contribution in [2.75, 3.05) is 4.43 Å². The van der Waals surface area contributed by atoms with Crippen molar-refractivity contribution >= 4 is 22.6 Å². The highest BCUT2D eigenvalue weighted by atomic mass is 127. The predicted molar refractivity (Wildman–Crippen MR) is 73.2 cm³/mol. The molecule has 21 heavy (non-hydrogen) atoms. The van der Waals surface area contributed by atoms with Gasteiger partial charge in [-0.15, -0.1) is 0 Å². The molecule has 0 aliphatic heterocycles. The monoisotopic (exact) mass is 430 g/mol. The summed E-state index contributed by atoms with van der Waals surface area (Å²) in [5.74, 6) is -0.110. The van der Waals surface area contributed by atoms with Crippen LogP contribution in [-0.4, -0.2) is 28.5 Å². The van der Waals surface area contributed by atoms with Gasteiger partial charge in [-0.2, -0.15) is 26.3 Å². The first-order valence-corrected chi connectivity index (χ1v) is 8.26. The third-order valence-corrected chi connectivity index (χ3v) is 6.46. The maximum atomic E-state index is 12.8. The van der Waals surface area contributed by atoms with Crippen LogP contribution >= 0.6 is 22.6 Å². The van der Waals surface area contributed by atoms with Gasteiger partial charge < -0.3 is 4.74 Å². The van der Waals surface area contributed by atoms with E-state index in [9.17, 15) is 26.3 Å². The maximum absolute atomic E-state index is 12.8. The topological polar surface area (TPSA) is 9.23 Å². The first kappa shape index (κ1) is 17.6. The van der Waals surface area contributed by atoms with Gasteiger partial charge in [-0.05, 0) is 36.5 Å². The van der Waals surface area contributed by atoms with E-state index in [-0.39, 0.29) is 16.3 Å². The summed E-state index contributed by atoms with van der Waals surface area (Å²) in [7, 11) is 0. The van der Waals surface area contributed by atoms with Crippen molar-refractivity contribution in [3.05, 3.63) is 0 Å². The standard InChI is InChI=1S/C13H17F6IO/c1-10(2)7-3-4-8(5-7)11(10,6-20)21-9(12(14,15)16)13(17,18)19/h7-9H,3-6H2,1-2H3. The quantitative estimate of drug-likeness (QED) is 0.343. The molecule has 0 spiro atoms. The molecule has 2 saturated carbocycles. The van der Waals surface area contributed by atoms with Gasteiger partial charge in [-0.1, -0.05) is 36.4 Å². The maximum Gasteiger partial charge on any atom is 0.423 e. The van der Waals surface area contributed by atoms with Gasteiger partial charge in [-0.25, -0.2) is 0 Å². The van der Waals surface area contributed by atoms with E-state index < -0.39 is 29.5 Å². The van der Waals surface area contributed by atoms with Crippen molar-refractivity contribution in [1.29, 1.82) is 0 Å². The first-order valence-electron chi connectivity index (χ1n) is 6.73. The van der Waals surface area contributed by atoms with E-state index in [4.69, 9.17) is 4.74 Å². The molecule has 2 rings (SSSR count). The van der Waals surface area contributed by atoms with E-state index >= 15 is 0 Å². The Bertz CT molecular complexity index is 390. The van der Waals surface area contributed by atoms with Crippen LogP contribution in [0.15, 0.2) is 0 Å². The summed E-state index contributed by atoms with van der Waals surface area (Å²) in [6, 6.07) is 0. The summed E-state index contributed by atoms with van der Waals surface area (Å²) >= 11 is 1.86. The average molecular weight is 430 g/mol. The van der Waals surface area contributed by atoms with Gasteiger partial charge in [0.1, 0.15) is 0 Å².